The van der Waals surface area contributed by atoms with Gasteiger partial charge in [-0.25, -0.2) is 0 Å². The van der Waals surface area contributed by atoms with Crippen molar-refractivity contribution in [1.29, 1.82) is 0 Å². The number of aromatic nitrogens is 1. The Kier molecular flexibility index (Phi) is 3.76. The summed E-state index contributed by atoms with van der Waals surface area (Å²) in [4.78, 5) is 8.93. The molecule has 0 amide bonds. The molecule has 17 heavy (non-hydrogen) atoms. The van der Waals surface area contributed by atoms with Gasteiger partial charge in [-0.15, -0.1) is 0 Å². The van der Waals surface area contributed by atoms with Gasteiger partial charge < -0.3 is 10.6 Å². The molecule has 0 spiro atoms. The highest BCUT2D eigenvalue weighted by atomic mass is 15.3. The topological polar surface area (TPSA) is 45.4 Å². The number of hydrogen-bond donors (Lipinski definition) is 1. The van der Waals surface area contributed by atoms with E-state index in [9.17, 15) is 0 Å². The Balaban J connectivity index is 2.15. The van der Waals surface area contributed by atoms with Crippen LogP contribution in [0, 0.1) is 6.92 Å². The Morgan fingerprint density at radius 1 is 1.35 bits per heavy atom. The van der Waals surface area contributed by atoms with Gasteiger partial charge in [-0.05, 0) is 32.1 Å². The molecule has 0 saturated carbocycles. The molecule has 0 radical (unpaired) electrons. The summed E-state index contributed by atoms with van der Waals surface area (Å²) in [6.07, 6.45) is 3.76. The number of piperazine rings is 1. The van der Waals surface area contributed by atoms with E-state index in [0.717, 1.165) is 25.2 Å². The summed E-state index contributed by atoms with van der Waals surface area (Å²) in [5.41, 5.74) is 8.69. The Morgan fingerprint density at radius 3 is 2.82 bits per heavy atom. The van der Waals surface area contributed by atoms with Crippen LogP contribution >= 0.6 is 0 Å². The zero-order chi connectivity index (χ0) is 12.4. The molecule has 1 aromatic rings. The van der Waals surface area contributed by atoms with E-state index in [-0.39, 0.29) is 6.04 Å². The molecule has 0 bridgehead atoms. The van der Waals surface area contributed by atoms with Gasteiger partial charge in [0.2, 0.25) is 0 Å². The Bertz CT molecular complexity index is 379. The predicted molar refractivity (Wildman–Crippen MR) is 69.8 cm³/mol. The van der Waals surface area contributed by atoms with E-state index < -0.39 is 0 Å². The minimum Gasteiger partial charge on any atom is -0.323 e. The van der Waals surface area contributed by atoms with Crippen LogP contribution in [0.5, 0.6) is 0 Å². The lowest BCUT2D eigenvalue weighted by atomic mass is 9.98. The molecule has 1 fully saturated rings. The Morgan fingerprint density at radius 2 is 2.12 bits per heavy atom. The predicted octanol–water partition coefficient (Wildman–Crippen LogP) is 0.636. The van der Waals surface area contributed by atoms with Crippen molar-refractivity contribution in [2.24, 2.45) is 5.73 Å². The third-order valence-electron chi connectivity index (χ3n) is 3.59. The van der Waals surface area contributed by atoms with Crippen molar-refractivity contribution in [2.45, 2.75) is 19.0 Å². The van der Waals surface area contributed by atoms with Gasteiger partial charge in [0, 0.05) is 44.1 Å². The second-order valence-electron chi connectivity index (χ2n) is 5.13. The summed E-state index contributed by atoms with van der Waals surface area (Å²) < 4.78 is 0. The third kappa shape index (κ3) is 2.83. The van der Waals surface area contributed by atoms with Crippen molar-refractivity contribution in [1.82, 2.24) is 14.8 Å². The number of pyridine rings is 1. The minimum atomic E-state index is 0.0372. The van der Waals surface area contributed by atoms with E-state index in [1.54, 1.807) is 0 Å². The molecule has 2 heterocycles. The number of nitrogens with zero attached hydrogens (tertiary/aromatic N) is 3. The monoisotopic (exact) mass is 234 g/mol. The highest BCUT2D eigenvalue weighted by Gasteiger charge is 2.28. The molecule has 2 N–H and O–H groups in total. The maximum Gasteiger partial charge on any atom is 0.0480 e. The van der Waals surface area contributed by atoms with Crippen molar-refractivity contribution in [3.8, 4) is 0 Å². The molecular weight excluding hydrogens is 212 g/mol. The molecule has 2 unspecified atom stereocenters. The van der Waals surface area contributed by atoms with E-state index >= 15 is 0 Å². The first-order valence-electron chi connectivity index (χ1n) is 6.14. The molecule has 0 aromatic carbocycles. The maximum atomic E-state index is 6.38. The zero-order valence-corrected chi connectivity index (χ0v) is 10.9. The Hall–Kier alpha value is -0.970. The molecule has 1 aromatic heterocycles. The van der Waals surface area contributed by atoms with Crippen molar-refractivity contribution >= 4 is 0 Å². The highest BCUT2D eigenvalue weighted by Crippen LogP contribution is 2.20. The number of aryl methyl sites for hydroxylation is 1. The van der Waals surface area contributed by atoms with Gasteiger partial charge in [0.15, 0.2) is 0 Å². The first kappa shape index (κ1) is 12.5. The molecule has 1 saturated heterocycles. The average molecular weight is 234 g/mol. The summed E-state index contributed by atoms with van der Waals surface area (Å²) in [5, 5.41) is 0. The SMILES string of the molecule is Cc1cncc(C(N)C2CN(C)CCN2C)c1. The number of nitrogens with two attached hydrogens (primary N) is 1. The quantitative estimate of drug-likeness (QED) is 0.815. The van der Waals surface area contributed by atoms with Gasteiger partial charge in [0.05, 0.1) is 0 Å². The normalized spacial score (nSPS) is 24.8. The van der Waals surface area contributed by atoms with Gasteiger partial charge >= 0.3 is 0 Å². The largest absolute Gasteiger partial charge is 0.323 e. The summed E-state index contributed by atoms with van der Waals surface area (Å²) in [5.74, 6) is 0. The van der Waals surface area contributed by atoms with Crippen LogP contribution in [0.4, 0.5) is 0 Å². The van der Waals surface area contributed by atoms with Gasteiger partial charge in [-0.3, -0.25) is 9.88 Å². The third-order valence-corrected chi connectivity index (χ3v) is 3.59. The minimum absolute atomic E-state index is 0.0372. The zero-order valence-electron chi connectivity index (χ0n) is 10.9. The molecule has 4 heteroatoms. The summed E-state index contributed by atoms with van der Waals surface area (Å²) in [7, 11) is 4.31. The van der Waals surface area contributed by atoms with Crippen LogP contribution in [0.25, 0.3) is 0 Å². The van der Waals surface area contributed by atoms with Gasteiger partial charge in [-0.1, -0.05) is 6.07 Å². The van der Waals surface area contributed by atoms with Crippen molar-refractivity contribution in [3.63, 3.8) is 0 Å². The lowest BCUT2D eigenvalue weighted by Gasteiger charge is -2.40. The highest BCUT2D eigenvalue weighted by molar-refractivity contribution is 5.21. The summed E-state index contributed by atoms with van der Waals surface area (Å²) >= 11 is 0. The molecule has 4 nitrogen and oxygen atoms in total. The van der Waals surface area contributed by atoms with Crippen molar-refractivity contribution < 1.29 is 0 Å². The lowest BCUT2D eigenvalue weighted by molar-refractivity contribution is 0.0973. The second kappa shape index (κ2) is 5.12. The molecular formula is C13H22N4. The Labute approximate surface area is 103 Å². The van der Waals surface area contributed by atoms with Crippen LogP contribution in [-0.2, 0) is 0 Å². The first-order valence-corrected chi connectivity index (χ1v) is 6.14. The fourth-order valence-corrected chi connectivity index (χ4v) is 2.41. The van der Waals surface area contributed by atoms with Crippen LogP contribution in [0.3, 0.4) is 0 Å². The van der Waals surface area contributed by atoms with Gasteiger partial charge in [0.1, 0.15) is 0 Å². The smallest absolute Gasteiger partial charge is 0.0480 e. The average Bonchev–Trinajstić information content (AvgIpc) is 2.31. The van der Waals surface area contributed by atoms with E-state index in [1.807, 2.05) is 12.4 Å². The van der Waals surface area contributed by atoms with E-state index in [4.69, 9.17) is 5.73 Å². The molecule has 2 rings (SSSR count). The maximum absolute atomic E-state index is 6.38. The summed E-state index contributed by atoms with van der Waals surface area (Å²) in [6.45, 7) is 5.27. The fourth-order valence-electron chi connectivity index (χ4n) is 2.41. The molecule has 1 aliphatic heterocycles. The molecule has 94 valence electrons. The van der Waals surface area contributed by atoms with Crippen LogP contribution < -0.4 is 5.73 Å². The van der Waals surface area contributed by atoms with Crippen LogP contribution in [0.1, 0.15) is 17.2 Å². The fraction of sp³-hybridized carbons (Fsp3) is 0.615. The molecule has 0 aliphatic carbocycles. The van der Waals surface area contributed by atoms with Crippen molar-refractivity contribution in [2.75, 3.05) is 33.7 Å². The standard InChI is InChI=1S/C13H22N4/c1-10-6-11(8-15-7-10)13(14)12-9-16(2)4-5-17(12)3/h6-8,12-13H,4-5,9,14H2,1-3H3. The molecule has 2 atom stereocenters. The summed E-state index contributed by atoms with van der Waals surface area (Å²) in [6, 6.07) is 2.55. The van der Waals surface area contributed by atoms with Gasteiger partial charge in [0.25, 0.3) is 0 Å². The van der Waals surface area contributed by atoms with Crippen LogP contribution in [0.15, 0.2) is 18.5 Å². The van der Waals surface area contributed by atoms with E-state index in [1.165, 1.54) is 5.56 Å². The van der Waals surface area contributed by atoms with Crippen molar-refractivity contribution in [3.05, 3.63) is 29.6 Å². The van der Waals surface area contributed by atoms with Crippen LogP contribution in [-0.4, -0.2) is 54.6 Å². The number of hydrogen-bond acceptors (Lipinski definition) is 4. The first-order chi connectivity index (χ1) is 8.08. The molecule has 1 aliphatic rings. The second-order valence-corrected chi connectivity index (χ2v) is 5.13. The van der Waals surface area contributed by atoms with Crippen LogP contribution in [0.2, 0.25) is 0 Å². The number of likely N-dealkylation sites (N-methyl/N-ethyl adjacent to an activating group) is 2. The number of rotatable bonds is 2. The van der Waals surface area contributed by atoms with Gasteiger partial charge in [-0.2, -0.15) is 0 Å². The van der Waals surface area contributed by atoms with E-state index in [2.05, 4.69) is 41.9 Å². The lowest BCUT2D eigenvalue weighted by Crippen LogP contribution is -2.54. The van der Waals surface area contributed by atoms with E-state index in [0.29, 0.717) is 6.04 Å².